The molecule has 148 valence electrons. The van der Waals surface area contributed by atoms with Gasteiger partial charge in [0, 0.05) is 30.9 Å². The van der Waals surface area contributed by atoms with Crippen molar-refractivity contribution in [2.45, 2.75) is 19.8 Å². The second-order valence-corrected chi connectivity index (χ2v) is 7.36. The van der Waals surface area contributed by atoms with Gasteiger partial charge in [0.1, 0.15) is 5.69 Å². The van der Waals surface area contributed by atoms with Crippen molar-refractivity contribution in [3.63, 3.8) is 0 Å². The third kappa shape index (κ3) is 4.17. The standard InChI is InChI=1S/C20H25N5O3/c1-13-10-15(25-6-8-28-9-7-25)4-5-16(13)19(26)23-17-12-22-24-18(17)20(27)21-11-14-2-3-14/h4-5,10,12,14H,2-3,6-9,11H2,1H3,(H,21,27)(H,22,24)(H,23,26). The fraction of sp³-hybridized carbons (Fsp3) is 0.450. The number of morpholine rings is 1. The lowest BCUT2D eigenvalue weighted by Crippen LogP contribution is -2.36. The highest BCUT2D eigenvalue weighted by atomic mass is 16.5. The second-order valence-electron chi connectivity index (χ2n) is 7.36. The first kappa shape index (κ1) is 18.5. The number of rotatable bonds is 6. The van der Waals surface area contributed by atoms with Gasteiger partial charge in [0.15, 0.2) is 0 Å². The van der Waals surface area contributed by atoms with Crippen LogP contribution >= 0.6 is 0 Å². The predicted octanol–water partition coefficient (Wildman–Crippen LogP) is 1.95. The average Bonchev–Trinajstić information content (AvgIpc) is 3.43. The van der Waals surface area contributed by atoms with E-state index < -0.39 is 0 Å². The Hall–Kier alpha value is -2.87. The van der Waals surface area contributed by atoms with E-state index in [1.54, 1.807) is 0 Å². The van der Waals surface area contributed by atoms with Crippen molar-refractivity contribution in [1.29, 1.82) is 0 Å². The predicted molar refractivity (Wildman–Crippen MR) is 106 cm³/mol. The summed E-state index contributed by atoms with van der Waals surface area (Å²) in [5.74, 6) is 0.0697. The Morgan fingerprint density at radius 2 is 2.04 bits per heavy atom. The monoisotopic (exact) mass is 383 g/mol. The Balaban J connectivity index is 1.43. The zero-order chi connectivity index (χ0) is 19.5. The summed E-state index contributed by atoms with van der Waals surface area (Å²) in [5.41, 5.74) is 3.19. The van der Waals surface area contributed by atoms with Crippen molar-refractivity contribution in [3.05, 3.63) is 41.2 Å². The molecule has 2 fully saturated rings. The number of carbonyl (C=O) groups is 2. The zero-order valence-electron chi connectivity index (χ0n) is 16.0. The molecule has 2 heterocycles. The second kappa shape index (κ2) is 8.02. The molecule has 2 aromatic rings. The van der Waals surface area contributed by atoms with E-state index in [2.05, 4.69) is 25.7 Å². The van der Waals surface area contributed by atoms with Crippen molar-refractivity contribution in [2.24, 2.45) is 5.92 Å². The van der Waals surface area contributed by atoms with Crippen LogP contribution in [0.25, 0.3) is 0 Å². The molecule has 28 heavy (non-hydrogen) atoms. The summed E-state index contributed by atoms with van der Waals surface area (Å²) in [6.45, 7) is 5.70. The van der Waals surface area contributed by atoms with E-state index in [-0.39, 0.29) is 17.5 Å². The van der Waals surface area contributed by atoms with Crippen LogP contribution in [-0.2, 0) is 4.74 Å². The number of nitrogens with one attached hydrogen (secondary N) is 3. The fourth-order valence-corrected chi connectivity index (χ4v) is 3.31. The molecule has 0 atom stereocenters. The molecule has 1 aromatic heterocycles. The maximum Gasteiger partial charge on any atom is 0.271 e. The highest BCUT2D eigenvalue weighted by Gasteiger charge is 2.24. The van der Waals surface area contributed by atoms with Gasteiger partial charge >= 0.3 is 0 Å². The van der Waals surface area contributed by atoms with Gasteiger partial charge < -0.3 is 20.3 Å². The van der Waals surface area contributed by atoms with Crippen molar-refractivity contribution in [1.82, 2.24) is 15.5 Å². The van der Waals surface area contributed by atoms with Crippen molar-refractivity contribution < 1.29 is 14.3 Å². The molecular formula is C20H25N5O3. The number of benzene rings is 1. The molecule has 0 bridgehead atoms. The normalized spacial score (nSPS) is 16.7. The molecule has 8 heteroatoms. The van der Waals surface area contributed by atoms with E-state index in [0.29, 0.717) is 36.9 Å². The van der Waals surface area contributed by atoms with Crippen LogP contribution in [0.3, 0.4) is 0 Å². The number of anilines is 2. The minimum Gasteiger partial charge on any atom is -0.378 e. The van der Waals surface area contributed by atoms with E-state index >= 15 is 0 Å². The fourth-order valence-electron chi connectivity index (χ4n) is 3.31. The average molecular weight is 383 g/mol. The third-order valence-corrected chi connectivity index (χ3v) is 5.19. The molecule has 1 saturated heterocycles. The molecule has 0 unspecified atom stereocenters. The number of H-pyrrole nitrogens is 1. The van der Waals surface area contributed by atoms with Crippen LogP contribution in [0.2, 0.25) is 0 Å². The van der Waals surface area contributed by atoms with Crippen LogP contribution in [0.5, 0.6) is 0 Å². The Morgan fingerprint density at radius 3 is 2.75 bits per heavy atom. The summed E-state index contributed by atoms with van der Waals surface area (Å²) < 4.78 is 5.39. The highest BCUT2D eigenvalue weighted by Crippen LogP contribution is 2.28. The quantitative estimate of drug-likeness (QED) is 0.708. The van der Waals surface area contributed by atoms with Gasteiger partial charge in [-0.3, -0.25) is 14.7 Å². The van der Waals surface area contributed by atoms with E-state index in [1.807, 2.05) is 25.1 Å². The number of aromatic nitrogens is 2. The summed E-state index contributed by atoms with van der Waals surface area (Å²) in [4.78, 5) is 27.3. The van der Waals surface area contributed by atoms with Crippen LogP contribution in [0.15, 0.2) is 24.4 Å². The summed E-state index contributed by atoms with van der Waals surface area (Å²) in [7, 11) is 0. The Labute approximate surface area is 163 Å². The van der Waals surface area contributed by atoms with Gasteiger partial charge in [0.25, 0.3) is 11.8 Å². The number of aryl methyl sites for hydroxylation is 1. The van der Waals surface area contributed by atoms with Gasteiger partial charge in [0.2, 0.25) is 0 Å². The maximum absolute atomic E-state index is 12.8. The van der Waals surface area contributed by atoms with E-state index in [1.165, 1.54) is 6.20 Å². The Morgan fingerprint density at radius 1 is 1.25 bits per heavy atom. The van der Waals surface area contributed by atoms with Gasteiger partial charge in [-0.1, -0.05) is 0 Å². The molecule has 1 aliphatic heterocycles. The lowest BCUT2D eigenvalue weighted by molar-refractivity contribution is 0.0947. The van der Waals surface area contributed by atoms with Gasteiger partial charge in [-0.05, 0) is 49.4 Å². The molecule has 0 radical (unpaired) electrons. The molecule has 3 N–H and O–H groups in total. The minimum atomic E-state index is -0.260. The molecule has 1 saturated carbocycles. The molecular weight excluding hydrogens is 358 g/mol. The van der Waals surface area contributed by atoms with E-state index in [4.69, 9.17) is 4.74 Å². The van der Waals surface area contributed by atoms with Crippen LogP contribution in [0.4, 0.5) is 11.4 Å². The number of aromatic amines is 1. The molecule has 8 nitrogen and oxygen atoms in total. The first-order valence-electron chi connectivity index (χ1n) is 9.68. The van der Waals surface area contributed by atoms with Gasteiger partial charge in [0.05, 0.1) is 25.1 Å². The third-order valence-electron chi connectivity index (χ3n) is 5.19. The van der Waals surface area contributed by atoms with Crippen molar-refractivity contribution in [2.75, 3.05) is 43.1 Å². The van der Waals surface area contributed by atoms with E-state index in [9.17, 15) is 9.59 Å². The highest BCUT2D eigenvalue weighted by molar-refractivity contribution is 6.09. The number of nitrogens with zero attached hydrogens (tertiary/aromatic N) is 2. The molecule has 1 aromatic carbocycles. The molecule has 2 aliphatic rings. The summed E-state index contributed by atoms with van der Waals surface area (Å²) in [5, 5.41) is 12.3. The van der Waals surface area contributed by atoms with E-state index in [0.717, 1.165) is 37.2 Å². The number of hydrogen-bond acceptors (Lipinski definition) is 5. The Bertz CT molecular complexity index is 868. The SMILES string of the molecule is Cc1cc(N2CCOCC2)ccc1C(=O)Nc1cn[nH]c1C(=O)NCC1CC1. The van der Waals surface area contributed by atoms with Crippen LogP contribution in [0, 0.1) is 12.8 Å². The van der Waals surface area contributed by atoms with Crippen LogP contribution < -0.4 is 15.5 Å². The number of hydrogen-bond donors (Lipinski definition) is 3. The van der Waals surface area contributed by atoms with Gasteiger partial charge in [-0.2, -0.15) is 5.10 Å². The zero-order valence-corrected chi connectivity index (χ0v) is 16.0. The lowest BCUT2D eigenvalue weighted by Gasteiger charge is -2.29. The summed E-state index contributed by atoms with van der Waals surface area (Å²) in [6, 6.07) is 5.78. The lowest BCUT2D eigenvalue weighted by atomic mass is 10.1. The smallest absolute Gasteiger partial charge is 0.271 e. The topological polar surface area (TPSA) is 99.3 Å². The minimum absolute atomic E-state index is 0.251. The van der Waals surface area contributed by atoms with Crippen LogP contribution in [-0.4, -0.2) is 54.9 Å². The number of amides is 2. The van der Waals surface area contributed by atoms with Crippen LogP contribution in [0.1, 0.15) is 39.3 Å². The largest absolute Gasteiger partial charge is 0.378 e. The number of ether oxygens (including phenoxy) is 1. The first-order chi connectivity index (χ1) is 13.6. The molecule has 2 amide bonds. The summed E-state index contributed by atoms with van der Waals surface area (Å²) in [6.07, 6.45) is 3.78. The molecule has 4 rings (SSSR count). The maximum atomic E-state index is 12.8. The van der Waals surface area contributed by atoms with Gasteiger partial charge in [-0.25, -0.2) is 0 Å². The van der Waals surface area contributed by atoms with Crippen molar-refractivity contribution in [3.8, 4) is 0 Å². The number of carbonyl (C=O) groups excluding carboxylic acids is 2. The van der Waals surface area contributed by atoms with Gasteiger partial charge in [-0.15, -0.1) is 0 Å². The molecule has 1 aliphatic carbocycles. The first-order valence-corrected chi connectivity index (χ1v) is 9.68. The summed E-state index contributed by atoms with van der Waals surface area (Å²) >= 11 is 0. The molecule has 0 spiro atoms. The Kier molecular flexibility index (Phi) is 5.29. The van der Waals surface area contributed by atoms with Crippen molar-refractivity contribution >= 4 is 23.2 Å².